The van der Waals surface area contributed by atoms with E-state index in [1.807, 2.05) is 48.0 Å². The van der Waals surface area contributed by atoms with E-state index in [2.05, 4.69) is 5.32 Å². The second-order valence-corrected chi connectivity index (χ2v) is 5.05. The molecule has 1 aromatic carbocycles. The highest BCUT2D eigenvalue weighted by molar-refractivity contribution is 7.07. The van der Waals surface area contributed by atoms with Crippen LogP contribution in [0.3, 0.4) is 0 Å². The van der Waals surface area contributed by atoms with Gasteiger partial charge in [0.2, 0.25) is 0 Å². The van der Waals surface area contributed by atoms with Gasteiger partial charge < -0.3 is 10.1 Å². The van der Waals surface area contributed by atoms with Crippen LogP contribution in [0.2, 0.25) is 5.02 Å². The molecule has 0 fully saturated rings. The number of rotatable bonds is 4. The molecule has 2 aromatic rings. The molecule has 0 unspecified atom stereocenters. The van der Waals surface area contributed by atoms with Crippen LogP contribution in [0.25, 0.3) is 0 Å². The van der Waals surface area contributed by atoms with Crippen molar-refractivity contribution >= 4 is 28.9 Å². The Bertz CT molecular complexity index is 485. The molecule has 3 nitrogen and oxygen atoms in total. The first-order chi connectivity index (χ1) is 9.70. The van der Waals surface area contributed by atoms with Gasteiger partial charge in [0.05, 0.1) is 7.11 Å². The van der Waals surface area contributed by atoms with Gasteiger partial charge in [-0.2, -0.15) is 11.3 Å². The summed E-state index contributed by atoms with van der Waals surface area (Å²) in [4.78, 5) is 11.5. The molecular weight excluding hydrogens is 294 g/mol. The highest BCUT2D eigenvalue weighted by atomic mass is 35.5. The first-order valence-corrected chi connectivity index (χ1v) is 7.55. The largest absolute Gasteiger partial charge is 0.468 e. The Balaban J connectivity index is 0.000000333. The zero-order valence-corrected chi connectivity index (χ0v) is 13.1. The number of halogens is 1. The number of nitrogens with one attached hydrogen (secondary N) is 1. The summed E-state index contributed by atoms with van der Waals surface area (Å²) >= 11 is 7.72. The third kappa shape index (κ3) is 5.33. The van der Waals surface area contributed by atoms with Crippen molar-refractivity contribution in [2.75, 3.05) is 13.7 Å². The standard InChI is InChI=1S/C11H14ClNO2.C4H4S/c1-3-13-10(11(14)15-2)8-6-4-5-7-9(8)12;1-2-4-5-3-1/h4-7,10,13H,3H2,1-2H3;1-4H/t10-;/m0./s1. The molecule has 1 N–H and O–H groups in total. The molecule has 2 rings (SSSR count). The SMILES string of the molecule is CCN[C@H](C(=O)OC)c1ccccc1Cl.c1ccsc1. The fourth-order valence-corrected chi connectivity index (χ4v) is 2.28. The van der Waals surface area contributed by atoms with Gasteiger partial charge in [-0.05, 0) is 28.9 Å². The fraction of sp³-hybridized carbons (Fsp3) is 0.267. The highest BCUT2D eigenvalue weighted by Crippen LogP contribution is 2.23. The Morgan fingerprint density at radius 2 is 1.95 bits per heavy atom. The van der Waals surface area contributed by atoms with Crippen molar-refractivity contribution in [2.24, 2.45) is 0 Å². The minimum atomic E-state index is -0.492. The smallest absolute Gasteiger partial charge is 0.327 e. The second-order valence-electron chi connectivity index (χ2n) is 3.83. The summed E-state index contributed by atoms with van der Waals surface area (Å²) in [5.41, 5.74) is 0.743. The molecule has 0 spiro atoms. The summed E-state index contributed by atoms with van der Waals surface area (Å²) in [5.74, 6) is -0.329. The lowest BCUT2D eigenvalue weighted by molar-refractivity contribution is -0.143. The van der Waals surface area contributed by atoms with Gasteiger partial charge in [-0.1, -0.05) is 48.9 Å². The van der Waals surface area contributed by atoms with Crippen molar-refractivity contribution in [2.45, 2.75) is 13.0 Å². The average molecular weight is 312 g/mol. The number of likely N-dealkylation sites (N-methyl/N-ethyl adjacent to an activating group) is 1. The third-order valence-corrected chi connectivity index (χ3v) is 3.46. The van der Waals surface area contributed by atoms with Crippen LogP contribution in [-0.2, 0) is 9.53 Å². The van der Waals surface area contributed by atoms with Crippen LogP contribution in [-0.4, -0.2) is 19.6 Å². The normalized spacial score (nSPS) is 11.2. The Labute approximate surface area is 128 Å². The predicted octanol–water partition coefficient (Wildman–Crippen LogP) is 3.91. The van der Waals surface area contributed by atoms with E-state index < -0.39 is 6.04 Å². The molecule has 0 saturated heterocycles. The molecule has 0 amide bonds. The van der Waals surface area contributed by atoms with Crippen LogP contribution in [0.5, 0.6) is 0 Å². The molecule has 0 aliphatic carbocycles. The first-order valence-electron chi connectivity index (χ1n) is 6.23. The molecular formula is C15H18ClNO2S. The minimum absolute atomic E-state index is 0.329. The van der Waals surface area contributed by atoms with Crippen LogP contribution in [0, 0.1) is 0 Å². The maximum atomic E-state index is 11.5. The average Bonchev–Trinajstić information content (AvgIpc) is 3.04. The number of esters is 1. The molecule has 20 heavy (non-hydrogen) atoms. The van der Waals surface area contributed by atoms with Crippen LogP contribution < -0.4 is 5.32 Å². The number of hydrogen-bond acceptors (Lipinski definition) is 4. The summed E-state index contributed by atoms with van der Waals surface area (Å²) in [6.07, 6.45) is 0. The Kier molecular flexibility index (Phi) is 7.95. The third-order valence-electron chi connectivity index (χ3n) is 2.49. The summed E-state index contributed by atoms with van der Waals surface area (Å²) in [6, 6.07) is 10.8. The van der Waals surface area contributed by atoms with Crippen molar-refractivity contribution in [1.82, 2.24) is 5.32 Å². The molecule has 0 aliphatic rings. The van der Waals surface area contributed by atoms with Gasteiger partial charge >= 0.3 is 5.97 Å². The first kappa shape index (κ1) is 16.7. The zero-order valence-electron chi connectivity index (χ0n) is 11.5. The van der Waals surface area contributed by atoms with E-state index in [0.717, 1.165) is 5.56 Å². The van der Waals surface area contributed by atoms with Gasteiger partial charge in [0, 0.05) is 5.02 Å². The molecule has 0 saturated carbocycles. The van der Waals surface area contributed by atoms with E-state index in [-0.39, 0.29) is 5.97 Å². The number of thiophene rings is 1. The maximum absolute atomic E-state index is 11.5. The molecule has 0 radical (unpaired) electrons. The summed E-state index contributed by atoms with van der Waals surface area (Å²) < 4.78 is 4.71. The summed E-state index contributed by atoms with van der Waals surface area (Å²) in [7, 11) is 1.36. The van der Waals surface area contributed by atoms with E-state index in [1.54, 1.807) is 17.4 Å². The van der Waals surface area contributed by atoms with E-state index in [9.17, 15) is 4.79 Å². The Morgan fingerprint density at radius 3 is 2.40 bits per heavy atom. The number of ether oxygens (including phenoxy) is 1. The molecule has 1 aromatic heterocycles. The van der Waals surface area contributed by atoms with E-state index in [0.29, 0.717) is 11.6 Å². The fourth-order valence-electron chi connectivity index (χ4n) is 1.58. The topological polar surface area (TPSA) is 38.3 Å². The van der Waals surface area contributed by atoms with Gasteiger partial charge in [0.1, 0.15) is 6.04 Å². The van der Waals surface area contributed by atoms with Crippen molar-refractivity contribution in [3.8, 4) is 0 Å². The van der Waals surface area contributed by atoms with Gasteiger partial charge in [-0.25, -0.2) is 4.79 Å². The van der Waals surface area contributed by atoms with Crippen LogP contribution in [0.1, 0.15) is 18.5 Å². The second kappa shape index (κ2) is 9.53. The summed E-state index contributed by atoms with van der Waals surface area (Å²) in [5, 5.41) is 7.68. The van der Waals surface area contributed by atoms with Crippen LogP contribution in [0.15, 0.2) is 47.2 Å². The van der Waals surface area contributed by atoms with Crippen molar-refractivity contribution in [1.29, 1.82) is 0 Å². The van der Waals surface area contributed by atoms with Crippen LogP contribution in [0.4, 0.5) is 0 Å². The van der Waals surface area contributed by atoms with E-state index in [1.165, 1.54) is 7.11 Å². The Hall–Kier alpha value is -1.36. The van der Waals surface area contributed by atoms with Crippen LogP contribution >= 0.6 is 22.9 Å². The number of methoxy groups -OCH3 is 1. The summed E-state index contributed by atoms with van der Waals surface area (Å²) in [6.45, 7) is 2.60. The van der Waals surface area contributed by atoms with Gasteiger partial charge in [-0.15, -0.1) is 0 Å². The maximum Gasteiger partial charge on any atom is 0.327 e. The van der Waals surface area contributed by atoms with Crippen molar-refractivity contribution < 1.29 is 9.53 Å². The molecule has 0 bridgehead atoms. The molecule has 108 valence electrons. The lowest BCUT2D eigenvalue weighted by Crippen LogP contribution is -2.29. The van der Waals surface area contributed by atoms with E-state index >= 15 is 0 Å². The Morgan fingerprint density at radius 1 is 1.30 bits per heavy atom. The number of carbonyl (C=O) groups excluding carboxylic acids is 1. The number of carbonyl (C=O) groups is 1. The lowest BCUT2D eigenvalue weighted by Gasteiger charge is -2.16. The number of benzene rings is 1. The van der Waals surface area contributed by atoms with Gasteiger partial charge in [-0.3, -0.25) is 0 Å². The minimum Gasteiger partial charge on any atom is -0.468 e. The molecule has 0 aliphatic heterocycles. The van der Waals surface area contributed by atoms with Gasteiger partial charge in [0.25, 0.3) is 0 Å². The van der Waals surface area contributed by atoms with Crippen molar-refractivity contribution in [3.05, 3.63) is 57.7 Å². The highest BCUT2D eigenvalue weighted by Gasteiger charge is 2.21. The van der Waals surface area contributed by atoms with Crippen molar-refractivity contribution in [3.63, 3.8) is 0 Å². The molecule has 5 heteroatoms. The zero-order chi connectivity index (χ0) is 14.8. The monoisotopic (exact) mass is 311 g/mol. The lowest BCUT2D eigenvalue weighted by atomic mass is 10.1. The molecule has 1 heterocycles. The quantitative estimate of drug-likeness (QED) is 0.870. The van der Waals surface area contributed by atoms with E-state index in [4.69, 9.17) is 16.3 Å². The van der Waals surface area contributed by atoms with Gasteiger partial charge in [0.15, 0.2) is 0 Å². The molecule has 1 atom stereocenters. The number of hydrogen-bond donors (Lipinski definition) is 1. The predicted molar refractivity (Wildman–Crippen MR) is 84.2 cm³/mol.